The third-order valence-corrected chi connectivity index (χ3v) is 3.01. The molecule has 1 unspecified atom stereocenters. The molecule has 0 N–H and O–H groups in total. The molecule has 0 aliphatic heterocycles. The number of rotatable bonds is 1. The largest absolute Gasteiger partial charge is 0.0829 e. The van der Waals surface area contributed by atoms with Crippen molar-refractivity contribution in [3.05, 3.63) is 21.8 Å². The maximum atomic E-state index is 2.43. The molecular weight excluding hydrogens is 235 g/mol. The normalized spacial score (nSPS) is 32.1. The van der Waals surface area contributed by atoms with E-state index in [1.807, 2.05) is 0 Å². The summed E-state index contributed by atoms with van der Waals surface area (Å²) in [6, 6.07) is 0. The zero-order valence-electron chi connectivity index (χ0n) is 5.89. The van der Waals surface area contributed by atoms with Gasteiger partial charge >= 0.3 is 0 Å². The van der Waals surface area contributed by atoms with Crippen molar-refractivity contribution in [2.24, 2.45) is 11.8 Å². The Morgan fingerprint density at radius 1 is 1.40 bits per heavy atom. The maximum Gasteiger partial charge on any atom is 0.00898 e. The van der Waals surface area contributed by atoms with E-state index < -0.39 is 0 Å². The molecule has 1 atom stereocenters. The van der Waals surface area contributed by atoms with Crippen LogP contribution in [0.2, 0.25) is 0 Å². The van der Waals surface area contributed by atoms with Crippen LogP contribution in [0.1, 0.15) is 19.3 Å². The molecular formula is C9H11I. The van der Waals surface area contributed by atoms with Gasteiger partial charge in [-0.2, -0.15) is 0 Å². The minimum atomic E-state index is 0.886. The summed E-state index contributed by atoms with van der Waals surface area (Å²) in [5.41, 5.74) is 0. The lowest BCUT2D eigenvalue weighted by atomic mass is 9.96. The Balaban J connectivity index is 2.05. The fourth-order valence-electron chi connectivity index (χ4n) is 1.52. The molecule has 0 aromatic carbocycles. The molecule has 2 aliphatic carbocycles. The molecule has 0 radical (unpaired) electrons. The van der Waals surface area contributed by atoms with Crippen LogP contribution in [0.4, 0.5) is 0 Å². The van der Waals surface area contributed by atoms with Crippen molar-refractivity contribution >= 4 is 22.6 Å². The van der Waals surface area contributed by atoms with E-state index in [0.717, 1.165) is 11.8 Å². The lowest BCUT2D eigenvalue weighted by Crippen LogP contribution is -2.00. The van der Waals surface area contributed by atoms with Gasteiger partial charge in [-0.25, -0.2) is 0 Å². The van der Waals surface area contributed by atoms with Crippen LogP contribution in [0.3, 0.4) is 0 Å². The van der Waals surface area contributed by atoms with Gasteiger partial charge in [-0.05, 0) is 53.7 Å². The Labute approximate surface area is 75.5 Å². The van der Waals surface area contributed by atoms with E-state index in [2.05, 4.69) is 40.8 Å². The third kappa shape index (κ3) is 1.44. The molecule has 54 valence electrons. The Morgan fingerprint density at radius 2 is 2.20 bits per heavy atom. The Morgan fingerprint density at radius 3 is 2.80 bits per heavy atom. The monoisotopic (exact) mass is 246 g/mol. The van der Waals surface area contributed by atoms with E-state index in [4.69, 9.17) is 0 Å². The first-order chi connectivity index (χ1) is 4.86. The van der Waals surface area contributed by atoms with Crippen molar-refractivity contribution in [3.63, 3.8) is 0 Å². The van der Waals surface area contributed by atoms with Crippen LogP contribution in [0.25, 0.3) is 0 Å². The van der Waals surface area contributed by atoms with Gasteiger partial charge in [0.25, 0.3) is 0 Å². The number of hydrogen-bond acceptors (Lipinski definition) is 0. The third-order valence-electron chi connectivity index (χ3n) is 2.29. The molecule has 1 saturated carbocycles. The fourth-order valence-corrected chi connectivity index (χ4v) is 2.23. The van der Waals surface area contributed by atoms with E-state index in [1.54, 1.807) is 0 Å². The highest BCUT2D eigenvalue weighted by Gasteiger charge is 2.29. The maximum absolute atomic E-state index is 2.43. The Kier molecular flexibility index (Phi) is 1.85. The van der Waals surface area contributed by atoms with Crippen LogP contribution in [0, 0.1) is 11.8 Å². The van der Waals surface area contributed by atoms with E-state index in [0.29, 0.717) is 0 Å². The molecule has 10 heavy (non-hydrogen) atoms. The Bertz CT molecular complexity index is 187. The predicted molar refractivity (Wildman–Crippen MR) is 52.1 cm³/mol. The van der Waals surface area contributed by atoms with Gasteiger partial charge in [0, 0.05) is 3.58 Å². The van der Waals surface area contributed by atoms with Crippen molar-refractivity contribution < 1.29 is 0 Å². The first-order valence-electron chi connectivity index (χ1n) is 3.90. The molecule has 0 nitrogen and oxygen atoms in total. The van der Waals surface area contributed by atoms with Gasteiger partial charge in [-0.1, -0.05) is 18.2 Å². The highest BCUT2D eigenvalue weighted by Crippen LogP contribution is 2.41. The van der Waals surface area contributed by atoms with E-state index in [-0.39, 0.29) is 0 Å². The number of hydrogen-bond donors (Lipinski definition) is 0. The summed E-state index contributed by atoms with van der Waals surface area (Å²) in [7, 11) is 0. The van der Waals surface area contributed by atoms with Crippen molar-refractivity contribution in [2.75, 3.05) is 0 Å². The van der Waals surface area contributed by atoms with E-state index >= 15 is 0 Å². The van der Waals surface area contributed by atoms with Crippen LogP contribution in [-0.4, -0.2) is 0 Å². The quantitative estimate of drug-likeness (QED) is 0.623. The molecule has 0 saturated heterocycles. The van der Waals surface area contributed by atoms with Gasteiger partial charge in [-0.3, -0.25) is 0 Å². The molecule has 0 aromatic heterocycles. The molecule has 1 fully saturated rings. The second-order valence-corrected chi connectivity index (χ2v) is 4.44. The molecule has 0 amide bonds. The average molecular weight is 246 g/mol. The fraction of sp³-hybridized carbons (Fsp3) is 0.556. The van der Waals surface area contributed by atoms with Crippen molar-refractivity contribution in [2.45, 2.75) is 19.3 Å². The standard InChI is InChI=1S/C9H11I/c10-9-3-1-2-8(6-9)7-4-5-7/h1,3,6-8H,2,4-5H2. The smallest absolute Gasteiger partial charge is 0.00898 e. The van der Waals surface area contributed by atoms with Gasteiger partial charge < -0.3 is 0 Å². The first kappa shape index (κ1) is 6.89. The van der Waals surface area contributed by atoms with E-state index in [9.17, 15) is 0 Å². The van der Waals surface area contributed by atoms with Gasteiger partial charge in [0.15, 0.2) is 0 Å². The van der Waals surface area contributed by atoms with Gasteiger partial charge in [-0.15, -0.1) is 0 Å². The summed E-state index contributed by atoms with van der Waals surface area (Å²) < 4.78 is 1.43. The summed E-state index contributed by atoms with van der Waals surface area (Å²) >= 11 is 2.41. The lowest BCUT2D eigenvalue weighted by molar-refractivity contribution is 0.572. The van der Waals surface area contributed by atoms with Crippen molar-refractivity contribution in [1.29, 1.82) is 0 Å². The lowest BCUT2D eigenvalue weighted by Gasteiger charge is -2.12. The van der Waals surface area contributed by atoms with Crippen molar-refractivity contribution in [3.8, 4) is 0 Å². The van der Waals surface area contributed by atoms with Gasteiger partial charge in [0.05, 0.1) is 0 Å². The minimum Gasteiger partial charge on any atom is -0.0829 e. The molecule has 2 aliphatic rings. The highest BCUT2D eigenvalue weighted by molar-refractivity contribution is 14.1. The highest BCUT2D eigenvalue weighted by atomic mass is 127. The Hall–Kier alpha value is 0.210. The molecule has 0 bridgehead atoms. The molecule has 0 spiro atoms. The van der Waals surface area contributed by atoms with Crippen LogP contribution in [0.15, 0.2) is 21.8 Å². The summed E-state index contributed by atoms with van der Waals surface area (Å²) in [6.07, 6.45) is 11.2. The first-order valence-corrected chi connectivity index (χ1v) is 4.98. The zero-order valence-corrected chi connectivity index (χ0v) is 8.04. The zero-order chi connectivity index (χ0) is 6.97. The van der Waals surface area contributed by atoms with Crippen LogP contribution in [0.5, 0.6) is 0 Å². The van der Waals surface area contributed by atoms with Gasteiger partial charge in [0.1, 0.15) is 0 Å². The van der Waals surface area contributed by atoms with Crippen molar-refractivity contribution in [1.82, 2.24) is 0 Å². The topological polar surface area (TPSA) is 0 Å². The number of allylic oxidation sites excluding steroid dienone is 4. The number of halogens is 1. The minimum absolute atomic E-state index is 0.886. The molecule has 2 rings (SSSR count). The summed E-state index contributed by atoms with van der Waals surface area (Å²) in [5.74, 6) is 1.92. The van der Waals surface area contributed by atoms with Gasteiger partial charge in [0.2, 0.25) is 0 Å². The van der Waals surface area contributed by atoms with Crippen LogP contribution < -0.4 is 0 Å². The summed E-state index contributed by atoms with van der Waals surface area (Å²) in [6.45, 7) is 0. The summed E-state index contributed by atoms with van der Waals surface area (Å²) in [5, 5.41) is 0. The molecule has 1 heteroatoms. The second kappa shape index (κ2) is 2.68. The van der Waals surface area contributed by atoms with Crippen LogP contribution >= 0.6 is 22.6 Å². The summed E-state index contributed by atoms with van der Waals surface area (Å²) in [4.78, 5) is 0. The molecule has 0 aromatic rings. The average Bonchev–Trinajstić information content (AvgIpc) is 2.68. The predicted octanol–water partition coefficient (Wildman–Crippen LogP) is 3.29. The second-order valence-electron chi connectivity index (χ2n) is 3.19. The SMILES string of the molecule is IC1=CC(C2CC2)CC=C1. The molecule has 0 heterocycles. The van der Waals surface area contributed by atoms with E-state index in [1.165, 1.54) is 22.8 Å². The van der Waals surface area contributed by atoms with Crippen LogP contribution in [-0.2, 0) is 0 Å².